The lowest BCUT2D eigenvalue weighted by Crippen LogP contribution is -2.37. The molecule has 0 radical (unpaired) electrons. The molecule has 0 aromatic carbocycles. The summed E-state index contributed by atoms with van der Waals surface area (Å²) in [7, 11) is 1.93. The summed E-state index contributed by atoms with van der Waals surface area (Å²) in [5, 5.41) is 3.05. The van der Waals surface area contributed by atoms with Crippen LogP contribution in [0.15, 0.2) is 0 Å². The van der Waals surface area contributed by atoms with Crippen LogP contribution in [0, 0.1) is 0 Å². The Morgan fingerprint density at radius 1 is 0.742 bits per heavy atom. The number of nitrogens with zero attached hydrogens (tertiary/aromatic N) is 1. The lowest BCUT2D eigenvalue weighted by atomic mass is 10.0. The smallest absolute Gasteiger partial charge is 0.356 e. The Kier molecular flexibility index (Phi) is 26.3. The number of nitrogens with one attached hydrogen (secondary N) is 1. The predicted molar refractivity (Wildman–Crippen MR) is 132 cm³/mol. The monoisotopic (exact) mass is 489 g/mol. The van der Waals surface area contributed by atoms with Gasteiger partial charge in [0.05, 0.1) is 27.7 Å². The number of hydrogen-bond donors (Lipinski definition) is 4. The van der Waals surface area contributed by atoms with E-state index in [1.807, 2.05) is 0 Å². The lowest BCUT2D eigenvalue weighted by Gasteiger charge is -2.23. The van der Waals surface area contributed by atoms with Gasteiger partial charge in [-0.3, -0.25) is 4.79 Å². The molecular formula is C22H51ClN2O5P+. The molecule has 0 saturated carbocycles. The number of quaternary nitrogens is 1. The highest BCUT2D eigenvalue weighted by Gasteiger charge is 2.06. The van der Waals surface area contributed by atoms with Gasteiger partial charge in [-0.05, 0) is 6.42 Å². The van der Waals surface area contributed by atoms with Crippen molar-refractivity contribution in [2.45, 2.75) is 103 Å². The first-order valence-electron chi connectivity index (χ1n) is 11.8. The zero-order valence-corrected chi connectivity index (χ0v) is 22.2. The summed E-state index contributed by atoms with van der Waals surface area (Å²) in [6.45, 7) is 4.21. The average molecular weight is 490 g/mol. The molecule has 0 unspecified atom stereocenters. The highest BCUT2D eigenvalue weighted by molar-refractivity contribution is 7.45. The van der Waals surface area contributed by atoms with E-state index in [9.17, 15) is 4.79 Å². The molecule has 0 rings (SSSR count). The second-order valence-corrected chi connectivity index (χ2v) is 10.2. The van der Waals surface area contributed by atoms with Gasteiger partial charge in [-0.1, -0.05) is 84.0 Å². The first kappa shape index (κ1) is 35.4. The van der Waals surface area contributed by atoms with Crippen LogP contribution < -0.4 is 5.32 Å². The fraction of sp³-hybridized carbons (Fsp3) is 0.955. The first-order chi connectivity index (χ1) is 14.0. The third-order valence-corrected chi connectivity index (χ3v) is 4.84. The van der Waals surface area contributed by atoms with Gasteiger partial charge in [-0.15, -0.1) is 12.4 Å². The molecule has 0 aromatic rings. The second-order valence-electron chi connectivity index (χ2n) is 9.22. The molecule has 0 aliphatic carbocycles. The summed E-state index contributed by atoms with van der Waals surface area (Å²) in [6.07, 6.45) is 19.4. The van der Waals surface area contributed by atoms with Gasteiger partial charge in [0.25, 0.3) is 0 Å². The van der Waals surface area contributed by atoms with Crippen molar-refractivity contribution in [1.82, 2.24) is 5.32 Å². The van der Waals surface area contributed by atoms with Gasteiger partial charge in [-0.25, -0.2) is 4.57 Å². The minimum absolute atomic E-state index is 0. The molecule has 0 aromatic heterocycles. The topological polar surface area (TPSA) is 107 Å². The van der Waals surface area contributed by atoms with Crippen LogP contribution in [0.3, 0.4) is 0 Å². The van der Waals surface area contributed by atoms with Gasteiger partial charge < -0.3 is 24.5 Å². The molecule has 0 spiro atoms. The Morgan fingerprint density at radius 3 is 1.45 bits per heavy atom. The molecule has 1 amide bonds. The van der Waals surface area contributed by atoms with Crippen LogP contribution >= 0.6 is 20.2 Å². The zero-order valence-electron chi connectivity index (χ0n) is 20.5. The zero-order chi connectivity index (χ0) is 23.3. The first-order valence-corrected chi connectivity index (χ1v) is 13.4. The van der Waals surface area contributed by atoms with E-state index in [4.69, 9.17) is 19.2 Å². The van der Waals surface area contributed by atoms with Crippen molar-refractivity contribution >= 4 is 26.1 Å². The molecule has 0 aliphatic heterocycles. The summed E-state index contributed by atoms with van der Waals surface area (Å²) in [5.74, 6) is 0.240. The van der Waals surface area contributed by atoms with Crippen molar-refractivity contribution in [3.05, 3.63) is 0 Å². The van der Waals surface area contributed by atoms with Crippen molar-refractivity contribution in [2.24, 2.45) is 0 Å². The predicted octanol–water partition coefficient (Wildman–Crippen LogP) is 5.17. The number of amides is 1. The van der Waals surface area contributed by atoms with E-state index in [0.717, 1.165) is 30.4 Å². The molecule has 190 valence electrons. The molecule has 0 bridgehead atoms. The fourth-order valence-electron chi connectivity index (χ4n) is 3.17. The van der Waals surface area contributed by atoms with Crippen LogP contribution in [0.4, 0.5) is 0 Å². The standard InChI is InChI=1S/C22H46N2O.ClH.H3O4P/c1-5-6-7-8-9-10-11-12-13-14-15-16-17-19-22(25)23-20-18-21-24(2,3)4;;1-5(2,3)4/h5-21H2,1-4H3;1H;(H3,1,2,3,4)/p+1. The van der Waals surface area contributed by atoms with Crippen LogP contribution in [0.1, 0.15) is 103 Å². The number of phosphoric acid groups is 1. The molecular weight excluding hydrogens is 439 g/mol. The third kappa shape index (κ3) is 44.3. The Bertz CT molecular complexity index is 434. The number of unbranched alkanes of at least 4 members (excludes halogenated alkanes) is 12. The Labute approximate surface area is 197 Å². The van der Waals surface area contributed by atoms with Crippen LogP contribution in [0.5, 0.6) is 0 Å². The van der Waals surface area contributed by atoms with Crippen LogP contribution in [-0.4, -0.2) is 59.3 Å². The van der Waals surface area contributed by atoms with E-state index in [1.165, 1.54) is 77.0 Å². The Hall–Kier alpha value is -0.170. The highest BCUT2D eigenvalue weighted by Crippen LogP contribution is 2.25. The van der Waals surface area contributed by atoms with Crippen molar-refractivity contribution < 1.29 is 28.5 Å². The minimum atomic E-state index is -4.64. The van der Waals surface area contributed by atoms with Gasteiger partial charge >= 0.3 is 7.82 Å². The summed E-state index contributed by atoms with van der Waals surface area (Å²) < 4.78 is 9.85. The normalized spacial score (nSPS) is 11.3. The van der Waals surface area contributed by atoms with E-state index in [-0.39, 0.29) is 18.3 Å². The summed E-state index contributed by atoms with van der Waals surface area (Å²) in [6, 6.07) is 0. The summed E-state index contributed by atoms with van der Waals surface area (Å²) in [4.78, 5) is 33.3. The molecule has 0 aliphatic rings. The van der Waals surface area contributed by atoms with E-state index in [2.05, 4.69) is 33.4 Å². The SMILES string of the molecule is CCCCCCCCCCCCCCCC(=O)NCCC[N+](C)(C)C.Cl.O=P(O)(O)O. The second kappa shape index (κ2) is 23.0. The maximum atomic E-state index is 11.8. The average Bonchev–Trinajstić information content (AvgIpc) is 2.60. The fourth-order valence-corrected chi connectivity index (χ4v) is 3.17. The van der Waals surface area contributed by atoms with E-state index in [1.54, 1.807) is 0 Å². The van der Waals surface area contributed by atoms with E-state index in [0.29, 0.717) is 6.42 Å². The van der Waals surface area contributed by atoms with Crippen molar-refractivity contribution in [1.29, 1.82) is 0 Å². The van der Waals surface area contributed by atoms with Gasteiger partial charge in [0, 0.05) is 19.4 Å². The minimum Gasteiger partial charge on any atom is -0.356 e. The van der Waals surface area contributed by atoms with Crippen LogP contribution in [-0.2, 0) is 9.36 Å². The summed E-state index contributed by atoms with van der Waals surface area (Å²) >= 11 is 0. The molecule has 31 heavy (non-hydrogen) atoms. The van der Waals surface area contributed by atoms with Gasteiger partial charge in [0.2, 0.25) is 5.91 Å². The molecule has 0 atom stereocenters. The number of rotatable bonds is 18. The third-order valence-electron chi connectivity index (χ3n) is 4.84. The molecule has 0 heterocycles. The summed E-state index contributed by atoms with van der Waals surface area (Å²) in [5.41, 5.74) is 0. The number of carbonyl (C=O) groups excluding carboxylic acids is 1. The molecule has 7 nitrogen and oxygen atoms in total. The van der Waals surface area contributed by atoms with Gasteiger partial charge in [0.15, 0.2) is 0 Å². The highest BCUT2D eigenvalue weighted by atomic mass is 35.5. The maximum Gasteiger partial charge on any atom is 0.466 e. The van der Waals surface area contributed by atoms with Crippen molar-refractivity contribution in [2.75, 3.05) is 34.2 Å². The van der Waals surface area contributed by atoms with E-state index < -0.39 is 7.82 Å². The molecule has 4 N–H and O–H groups in total. The lowest BCUT2D eigenvalue weighted by molar-refractivity contribution is -0.870. The van der Waals surface area contributed by atoms with Crippen LogP contribution in [0.25, 0.3) is 0 Å². The van der Waals surface area contributed by atoms with Crippen molar-refractivity contribution in [3.63, 3.8) is 0 Å². The molecule has 9 heteroatoms. The largest absolute Gasteiger partial charge is 0.466 e. The molecule has 0 fully saturated rings. The molecule has 0 saturated heterocycles. The van der Waals surface area contributed by atoms with E-state index >= 15 is 0 Å². The number of hydrogen-bond acceptors (Lipinski definition) is 2. The number of halogens is 1. The Balaban J connectivity index is -0.00000116. The number of carbonyl (C=O) groups is 1. The maximum absolute atomic E-state index is 11.8. The van der Waals surface area contributed by atoms with Crippen molar-refractivity contribution in [3.8, 4) is 0 Å². The van der Waals surface area contributed by atoms with Crippen LogP contribution in [0.2, 0.25) is 0 Å². The Morgan fingerprint density at radius 2 is 1.10 bits per heavy atom. The van der Waals surface area contributed by atoms with Gasteiger partial charge in [0.1, 0.15) is 0 Å². The van der Waals surface area contributed by atoms with Gasteiger partial charge in [-0.2, -0.15) is 0 Å². The quantitative estimate of drug-likeness (QED) is 0.121.